The number of nitrogens with zero attached hydrogens (tertiary/aromatic N) is 1. The minimum Gasteiger partial charge on any atom is -0.466 e. The fraction of sp³-hybridized carbons (Fsp3) is 0.550. The van der Waals surface area contributed by atoms with E-state index in [1.165, 1.54) is 0 Å². The van der Waals surface area contributed by atoms with Gasteiger partial charge in [-0.3, -0.25) is 4.57 Å². The van der Waals surface area contributed by atoms with Crippen LogP contribution in [0, 0.1) is 6.92 Å². The molecule has 1 atom stereocenters. The topological polar surface area (TPSA) is 44.4 Å². The first-order valence-electron chi connectivity index (χ1n) is 8.57. The van der Waals surface area contributed by atoms with E-state index >= 15 is 0 Å². The third kappa shape index (κ3) is 4.53. The zero-order valence-corrected chi connectivity index (χ0v) is 15.8. The minimum atomic E-state index is -0.505. The van der Waals surface area contributed by atoms with Crippen molar-refractivity contribution in [3.05, 3.63) is 47.2 Å². The summed E-state index contributed by atoms with van der Waals surface area (Å²) in [6.07, 6.45) is 2.40. The standard InChI is InChI=1S/C20H29NO3/c1-13(2)17-11-16(10-14(3)18-9-8-15(4)23-18)12-21(17)19(22)24-20(5,6)7/h8-9,11-14H,10H2,1-7H3. The van der Waals surface area contributed by atoms with E-state index in [-0.39, 0.29) is 17.9 Å². The molecule has 2 rings (SSSR count). The molecule has 2 heterocycles. The first-order valence-corrected chi connectivity index (χ1v) is 8.57. The maximum absolute atomic E-state index is 12.5. The van der Waals surface area contributed by atoms with Crippen molar-refractivity contribution in [2.24, 2.45) is 0 Å². The highest BCUT2D eigenvalue weighted by atomic mass is 16.6. The molecule has 2 aromatic heterocycles. The van der Waals surface area contributed by atoms with Crippen molar-refractivity contribution in [3.8, 4) is 0 Å². The molecule has 0 amide bonds. The molecule has 2 aromatic rings. The van der Waals surface area contributed by atoms with Crippen LogP contribution in [-0.4, -0.2) is 16.3 Å². The van der Waals surface area contributed by atoms with Gasteiger partial charge >= 0.3 is 6.09 Å². The summed E-state index contributed by atoms with van der Waals surface area (Å²) >= 11 is 0. The maximum atomic E-state index is 12.5. The van der Waals surface area contributed by atoms with Crippen LogP contribution in [0.3, 0.4) is 0 Å². The molecule has 0 aliphatic carbocycles. The van der Waals surface area contributed by atoms with E-state index in [0.717, 1.165) is 29.2 Å². The van der Waals surface area contributed by atoms with Gasteiger partial charge in [0.25, 0.3) is 0 Å². The van der Waals surface area contributed by atoms with Crippen LogP contribution in [0.1, 0.15) is 76.2 Å². The van der Waals surface area contributed by atoms with Crippen LogP contribution in [0.5, 0.6) is 0 Å². The van der Waals surface area contributed by atoms with Gasteiger partial charge in [-0.1, -0.05) is 20.8 Å². The Morgan fingerprint density at radius 3 is 2.42 bits per heavy atom. The molecule has 4 heteroatoms. The quantitative estimate of drug-likeness (QED) is 0.728. The Morgan fingerprint density at radius 2 is 1.92 bits per heavy atom. The van der Waals surface area contributed by atoms with Crippen LogP contribution in [0.4, 0.5) is 4.79 Å². The summed E-state index contributed by atoms with van der Waals surface area (Å²) in [5.74, 6) is 2.40. The first-order chi connectivity index (χ1) is 11.1. The summed E-state index contributed by atoms with van der Waals surface area (Å²) in [5, 5.41) is 0. The zero-order chi connectivity index (χ0) is 18.1. The summed E-state index contributed by atoms with van der Waals surface area (Å²) in [7, 11) is 0. The fourth-order valence-electron chi connectivity index (χ4n) is 2.74. The second kappa shape index (κ2) is 6.88. The Labute approximate surface area is 144 Å². The van der Waals surface area contributed by atoms with Crippen LogP contribution in [-0.2, 0) is 11.2 Å². The smallest absolute Gasteiger partial charge is 0.418 e. The summed E-state index contributed by atoms with van der Waals surface area (Å²) in [4.78, 5) is 12.5. The molecule has 4 nitrogen and oxygen atoms in total. The van der Waals surface area contributed by atoms with Crippen LogP contribution in [0.2, 0.25) is 0 Å². The molecule has 0 aliphatic rings. The number of ether oxygens (including phenoxy) is 1. The van der Waals surface area contributed by atoms with Gasteiger partial charge in [-0.05, 0) is 63.8 Å². The summed E-state index contributed by atoms with van der Waals surface area (Å²) < 4.78 is 12.9. The van der Waals surface area contributed by atoms with E-state index in [4.69, 9.17) is 9.15 Å². The molecule has 1 unspecified atom stereocenters. The van der Waals surface area contributed by atoms with Crippen molar-refractivity contribution in [3.63, 3.8) is 0 Å². The van der Waals surface area contributed by atoms with Gasteiger partial charge in [0.15, 0.2) is 0 Å². The van der Waals surface area contributed by atoms with Gasteiger partial charge in [-0.25, -0.2) is 4.79 Å². The lowest BCUT2D eigenvalue weighted by Gasteiger charge is -2.21. The van der Waals surface area contributed by atoms with Gasteiger partial charge in [0, 0.05) is 17.8 Å². The fourth-order valence-corrected chi connectivity index (χ4v) is 2.74. The molecular weight excluding hydrogens is 302 g/mol. The molecule has 0 aromatic carbocycles. The van der Waals surface area contributed by atoms with Crippen LogP contribution in [0.15, 0.2) is 28.8 Å². The molecular formula is C20H29NO3. The van der Waals surface area contributed by atoms with Crippen molar-refractivity contribution in [1.29, 1.82) is 0 Å². The molecule has 0 bridgehead atoms. The second-order valence-corrected chi connectivity index (χ2v) is 7.83. The number of hydrogen-bond acceptors (Lipinski definition) is 3. The molecule has 0 radical (unpaired) electrons. The number of rotatable bonds is 4. The number of aromatic nitrogens is 1. The molecule has 0 saturated heterocycles. The van der Waals surface area contributed by atoms with E-state index in [0.29, 0.717) is 0 Å². The van der Waals surface area contributed by atoms with E-state index < -0.39 is 5.60 Å². The van der Waals surface area contributed by atoms with E-state index in [2.05, 4.69) is 26.8 Å². The summed E-state index contributed by atoms with van der Waals surface area (Å²) in [5.41, 5.74) is 1.59. The SMILES string of the molecule is Cc1ccc(C(C)Cc2cc(C(C)C)n(C(=O)OC(C)(C)C)c2)o1. The van der Waals surface area contributed by atoms with Crippen LogP contribution < -0.4 is 0 Å². The van der Waals surface area contributed by atoms with E-state index in [1.54, 1.807) is 4.57 Å². The summed E-state index contributed by atoms with van der Waals surface area (Å²) in [6.45, 7) is 13.9. The average Bonchev–Trinajstić information content (AvgIpc) is 3.03. The number of aryl methyl sites for hydroxylation is 1. The Morgan fingerprint density at radius 1 is 1.25 bits per heavy atom. The highest BCUT2D eigenvalue weighted by molar-refractivity contribution is 5.72. The molecule has 0 fully saturated rings. The Kier molecular flexibility index (Phi) is 5.26. The molecule has 24 heavy (non-hydrogen) atoms. The monoisotopic (exact) mass is 331 g/mol. The number of carbonyl (C=O) groups excluding carboxylic acids is 1. The normalized spacial score (nSPS) is 13.3. The van der Waals surface area contributed by atoms with Crippen molar-refractivity contribution < 1.29 is 13.9 Å². The van der Waals surface area contributed by atoms with Crippen LogP contribution >= 0.6 is 0 Å². The van der Waals surface area contributed by atoms with Crippen LogP contribution in [0.25, 0.3) is 0 Å². The maximum Gasteiger partial charge on any atom is 0.418 e. The van der Waals surface area contributed by atoms with Gasteiger partial charge in [0.1, 0.15) is 17.1 Å². The highest BCUT2D eigenvalue weighted by Crippen LogP contribution is 2.26. The zero-order valence-electron chi connectivity index (χ0n) is 15.8. The largest absolute Gasteiger partial charge is 0.466 e. The van der Waals surface area contributed by atoms with Crippen molar-refractivity contribution in [2.75, 3.05) is 0 Å². The van der Waals surface area contributed by atoms with Gasteiger partial charge < -0.3 is 9.15 Å². The van der Waals surface area contributed by atoms with Gasteiger partial charge in [-0.15, -0.1) is 0 Å². The summed E-state index contributed by atoms with van der Waals surface area (Å²) in [6, 6.07) is 6.10. The van der Waals surface area contributed by atoms with Gasteiger partial charge in [0.05, 0.1) is 0 Å². The second-order valence-electron chi connectivity index (χ2n) is 7.83. The number of hydrogen-bond donors (Lipinski definition) is 0. The Bertz CT molecular complexity index is 701. The lowest BCUT2D eigenvalue weighted by Crippen LogP contribution is -2.27. The number of furan rings is 1. The third-order valence-corrected chi connectivity index (χ3v) is 3.88. The average molecular weight is 331 g/mol. The van der Waals surface area contributed by atoms with Crippen molar-refractivity contribution >= 4 is 6.09 Å². The number of carbonyl (C=O) groups is 1. The predicted octanol–water partition coefficient (Wildman–Crippen LogP) is 5.64. The molecule has 132 valence electrons. The predicted molar refractivity (Wildman–Crippen MR) is 95.7 cm³/mol. The van der Waals surface area contributed by atoms with E-state index in [9.17, 15) is 4.79 Å². The van der Waals surface area contributed by atoms with Gasteiger partial charge in [0.2, 0.25) is 0 Å². The Hall–Kier alpha value is -1.97. The van der Waals surface area contributed by atoms with E-state index in [1.807, 2.05) is 46.0 Å². The molecule has 0 saturated carbocycles. The minimum absolute atomic E-state index is 0.243. The van der Waals surface area contributed by atoms with Gasteiger partial charge in [-0.2, -0.15) is 0 Å². The third-order valence-electron chi connectivity index (χ3n) is 3.88. The first kappa shape index (κ1) is 18.4. The van der Waals surface area contributed by atoms with Crippen molar-refractivity contribution in [1.82, 2.24) is 4.57 Å². The van der Waals surface area contributed by atoms with Crippen molar-refractivity contribution in [2.45, 2.75) is 72.3 Å². The lowest BCUT2D eigenvalue weighted by atomic mass is 10.00. The molecule has 0 N–H and O–H groups in total. The highest BCUT2D eigenvalue weighted by Gasteiger charge is 2.22. The molecule has 0 spiro atoms. The molecule has 0 aliphatic heterocycles. The Balaban J connectivity index is 2.23. The lowest BCUT2D eigenvalue weighted by molar-refractivity contribution is 0.0531.